The Morgan fingerprint density at radius 3 is 2.82 bits per heavy atom. The monoisotopic (exact) mass is 264 g/mol. The van der Waals surface area contributed by atoms with E-state index in [1.807, 2.05) is 6.92 Å². The first-order chi connectivity index (χ1) is 7.68. The van der Waals surface area contributed by atoms with E-state index in [0.717, 1.165) is 32.0 Å². The number of carbonyl (C=O) groups is 1. The lowest BCUT2D eigenvalue weighted by Gasteiger charge is -2.07. The molecule has 0 aromatic rings. The molecule has 0 saturated heterocycles. The second-order valence-corrected chi connectivity index (χ2v) is 4.74. The van der Waals surface area contributed by atoms with Crippen LogP contribution in [0.15, 0.2) is 0 Å². The van der Waals surface area contributed by atoms with Crippen molar-refractivity contribution in [2.45, 2.75) is 45.1 Å². The summed E-state index contributed by atoms with van der Waals surface area (Å²) in [7, 11) is 0. The topological polar surface area (TPSA) is 64.4 Å². The van der Waals surface area contributed by atoms with Crippen LogP contribution < -0.4 is 11.1 Å². The third kappa shape index (κ3) is 10.5. The van der Waals surface area contributed by atoms with Crippen LogP contribution >= 0.6 is 12.4 Å². The Balaban J connectivity index is 0.00000256. The quantitative estimate of drug-likeness (QED) is 0.620. The molecule has 17 heavy (non-hydrogen) atoms. The fraction of sp³-hybridized carbons (Fsp3) is 0.917. The minimum Gasteiger partial charge on any atom is -0.381 e. The fourth-order valence-electron chi connectivity index (χ4n) is 1.38. The minimum atomic E-state index is 0. The number of carbonyl (C=O) groups excluding carboxylic acids is 1. The Bertz CT molecular complexity index is 209. The predicted molar refractivity (Wildman–Crippen MR) is 71.3 cm³/mol. The van der Waals surface area contributed by atoms with Crippen LogP contribution in [0.2, 0.25) is 0 Å². The van der Waals surface area contributed by atoms with E-state index in [1.165, 1.54) is 12.8 Å². The lowest BCUT2D eigenvalue weighted by atomic mass is 10.2. The van der Waals surface area contributed by atoms with Gasteiger partial charge in [-0.1, -0.05) is 0 Å². The van der Waals surface area contributed by atoms with Crippen LogP contribution in [-0.4, -0.2) is 31.7 Å². The maximum absolute atomic E-state index is 11.3. The molecule has 1 aliphatic carbocycles. The van der Waals surface area contributed by atoms with Crippen LogP contribution in [0.4, 0.5) is 0 Å². The molecule has 3 N–H and O–H groups in total. The van der Waals surface area contributed by atoms with Gasteiger partial charge in [0.15, 0.2) is 0 Å². The highest BCUT2D eigenvalue weighted by atomic mass is 35.5. The molecule has 1 fully saturated rings. The van der Waals surface area contributed by atoms with Gasteiger partial charge in [-0.05, 0) is 38.5 Å². The molecular weight excluding hydrogens is 240 g/mol. The zero-order valence-corrected chi connectivity index (χ0v) is 11.4. The normalized spacial score (nSPS) is 16.1. The predicted octanol–water partition coefficient (Wildman–Crippen LogP) is 1.47. The zero-order valence-electron chi connectivity index (χ0n) is 10.6. The van der Waals surface area contributed by atoms with Gasteiger partial charge in [-0.25, -0.2) is 0 Å². The molecule has 1 rings (SSSR count). The maximum atomic E-state index is 11.3. The van der Waals surface area contributed by atoms with Gasteiger partial charge in [0.05, 0.1) is 0 Å². The Morgan fingerprint density at radius 1 is 1.53 bits per heavy atom. The second kappa shape index (κ2) is 9.68. The van der Waals surface area contributed by atoms with Crippen LogP contribution in [0.5, 0.6) is 0 Å². The van der Waals surface area contributed by atoms with E-state index in [0.29, 0.717) is 13.0 Å². The average Bonchev–Trinajstić information content (AvgIpc) is 3.04. The third-order valence-electron chi connectivity index (χ3n) is 2.66. The Morgan fingerprint density at radius 2 is 2.24 bits per heavy atom. The van der Waals surface area contributed by atoms with Gasteiger partial charge in [0.25, 0.3) is 0 Å². The van der Waals surface area contributed by atoms with Crippen molar-refractivity contribution in [2.24, 2.45) is 11.7 Å². The van der Waals surface area contributed by atoms with Crippen molar-refractivity contribution in [1.29, 1.82) is 0 Å². The number of hydrogen-bond acceptors (Lipinski definition) is 3. The summed E-state index contributed by atoms with van der Waals surface area (Å²) in [6.45, 7) is 4.28. The van der Waals surface area contributed by atoms with Gasteiger partial charge < -0.3 is 15.8 Å². The number of amides is 1. The SMILES string of the molecule is CC(N)CCC(=O)NCCCOCC1CC1.Cl. The Hall–Kier alpha value is -0.320. The van der Waals surface area contributed by atoms with Crippen LogP contribution in [0.3, 0.4) is 0 Å². The van der Waals surface area contributed by atoms with E-state index in [4.69, 9.17) is 10.5 Å². The summed E-state index contributed by atoms with van der Waals surface area (Å²) in [5, 5.41) is 2.87. The summed E-state index contributed by atoms with van der Waals surface area (Å²) in [6.07, 6.45) is 4.84. The van der Waals surface area contributed by atoms with E-state index >= 15 is 0 Å². The highest BCUT2D eigenvalue weighted by molar-refractivity contribution is 5.85. The number of nitrogens with one attached hydrogen (secondary N) is 1. The molecule has 4 nitrogen and oxygen atoms in total. The van der Waals surface area contributed by atoms with Crippen molar-refractivity contribution >= 4 is 18.3 Å². The van der Waals surface area contributed by atoms with Crippen molar-refractivity contribution < 1.29 is 9.53 Å². The molecule has 1 unspecified atom stereocenters. The van der Waals surface area contributed by atoms with E-state index < -0.39 is 0 Å². The van der Waals surface area contributed by atoms with Crippen molar-refractivity contribution in [1.82, 2.24) is 5.32 Å². The van der Waals surface area contributed by atoms with Crippen molar-refractivity contribution in [3.8, 4) is 0 Å². The lowest BCUT2D eigenvalue weighted by Crippen LogP contribution is -2.27. The first kappa shape index (κ1) is 16.7. The van der Waals surface area contributed by atoms with Crippen LogP contribution in [0.25, 0.3) is 0 Å². The zero-order chi connectivity index (χ0) is 11.8. The van der Waals surface area contributed by atoms with Crippen LogP contribution in [0, 0.1) is 5.92 Å². The van der Waals surface area contributed by atoms with E-state index in [2.05, 4.69) is 5.32 Å². The highest BCUT2D eigenvalue weighted by Crippen LogP contribution is 2.28. The number of nitrogens with two attached hydrogens (primary N) is 1. The largest absolute Gasteiger partial charge is 0.381 e. The summed E-state index contributed by atoms with van der Waals surface area (Å²) < 4.78 is 5.47. The number of halogens is 1. The van der Waals surface area contributed by atoms with Gasteiger partial charge >= 0.3 is 0 Å². The van der Waals surface area contributed by atoms with E-state index in [1.54, 1.807) is 0 Å². The first-order valence-electron chi connectivity index (χ1n) is 6.28. The number of hydrogen-bond donors (Lipinski definition) is 2. The van der Waals surface area contributed by atoms with Crippen LogP contribution in [0.1, 0.15) is 39.0 Å². The van der Waals surface area contributed by atoms with Gasteiger partial charge in [-0.15, -0.1) is 12.4 Å². The van der Waals surface area contributed by atoms with E-state index in [-0.39, 0.29) is 24.4 Å². The summed E-state index contributed by atoms with van der Waals surface area (Å²) >= 11 is 0. The molecule has 0 bridgehead atoms. The third-order valence-corrected chi connectivity index (χ3v) is 2.66. The van der Waals surface area contributed by atoms with Crippen molar-refractivity contribution in [3.05, 3.63) is 0 Å². The van der Waals surface area contributed by atoms with Gasteiger partial charge in [-0.3, -0.25) is 4.79 Å². The summed E-state index contributed by atoms with van der Waals surface area (Å²) in [5.74, 6) is 0.917. The summed E-state index contributed by atoms with van der Waals surface area (Å²) in [5.41, 5.74) is 5.57. The van der Waals surface area contributed by atoms with Crippen molar-refractivity contribution in [3.63, 3.8) is 0 Å². The standard InChI is InChI=1S/C12H24N2O2.ClH/c1-10(13)3-6-12(15)14-7-2-8-16-9-11-4-5-11;/h10-11H,2-9,13H2,1H3,(H,14,15);1H. The smallest absolute Gasteiger partial charge is 0.220 e. The van der Waals surface area contributed by atoms with Gasteiger partial charge in [-0.2, -0.15) is 0 Å². The summed E-state index contributed by atoms with van der Waals surface area (Å²) in [6, 6.07) is 0.104. The van der Waals surface area contributed by atoms with Crippen molar-refractivity contribution in [2.75, 3.05) is 19.8 Å². The average molecular weight is 265 g/mol. The molecule has 5 heteroatoms. The maximum Gasteiger partial charge on any atom is 0.220 e. The minimum absolute atomic E-state index is 0. The molecule has 102 valence electrons. The molecule has 0 radical (unpaired) electrons. The second-order valence-electron chi connectivity index (χ2n) is 4.74. The van der Waals surface area contributed by atoms with Gasteiger partial charge in [0, 0.05) is 32.2 Å². The molecule has 0 aliphatic heterocycles. The molecule has 1 atom stereocenters. The number of ether oxygens (including phenoxy) is 1. The first-order valence-corrected chi connectivity index (χ1v) is 6.28. The van der Waals surface area contributed by atoms with E-state index in [9.17, 15) is 4.79 Å². The molecule has 0 aromatic heterocycles. The van der Waals surface area contributed by atoms with Crippen LogP contribution in [-0.2, 0) is 9.53 Å². The fourth-order valence-corrected chi connectivity index (χ4v) is 1.38. The Kier molecular flexibility index (Phi) is 9.50. The molecule has 1 amide bonds. The van der Waals surface area contributed by atoms with Gasteiger partial charge in [0.1, 0.15) is 0 Å². The molecule has 0 spiro atoms. The molecule has 0 aromatic carbocycles. The highest BCUT2D eigenvalue weighted by Gasteiger charge is 2.20. The van der Waals surface area contributed by atoms with Gasteiger partial charge in [0.2, 0.25) is 5.91 Å². The molecular formula is C12H25ClN2O2. The molecule has 1 saturated carbocycles. The number of rotatable bonds is 9. The lowest BCUT2D eigenvalue weighted by molar-refractivity contribution is -0.121. The molecule has 0 heterocycles. The summed E-state index contributed by atoms with van der Waals surface area (Å²) in [4.78, 5) is 11.3. The Labute approximate surface area is 110 Å². The molecule has 1 aliphatic rings.